The third-order valence-corrected chi connectivity index (χ3v) is 6.00. The van der Waals surface area contributed by atoms with E-state index in [2.05, 4.69) is 5.32 Å². The van der Waals surface area contributed by atoms with Gasteiger partial charge in [-0.15, -0.1) is 0 Å². The Labute approximate surface area is 140 Å². The SMILES string of the molecule is COP(=O)(OC)C(Cc1ccc2c(c1)OCO2)NCc1ccco1. The normalized spacial score (nSPS) is 14.8. The topological polar surface area (TPSA) is 79.2 Å². The first-order valence-corrected chi connectivity index (χ1v) is 9.11. The number of hydrogen-bond acceptors (Lipinski definition) is 7. The molecule has 1 atom stereocenters. The largest absolute Gasteiger partial charge is 0.468 e. The van der Waals surface area contributed by atoms with Crippen LogP contribution in [-0.4, -0.2) is 26.8 Å². The maximum Gasteiger partial charge on any atom is 0.347 e. The van der Waals surface area contributed by atoms with Crippen LogP contribution < -0.4 is 14.8 Å². The molecule has 1 unspecified atom stereocenters. The second-order valence-corrected chi connectivity index (χ2v) is 7.71. The van der Waals surface area contributed by atoms with Crippen molar-refractivity contribution >= 4 is 7.60 Å². The van der Waals surface area contributed by atoms with Crippen LogP contribution in [-0.2, 0) is 26.6 Å². The highest BCUT2D eigenvalue weighted by Crippen LogP contribution is 2.51. The minimum absolute atomic E-state index is 0.216. The molecule has 7 nitrogen and oxygen atoms in total. The minimum atomic E-state index is -3.32. The molecule has 0 aliphatic carbocycles. The van der Waals surface area contributed by atoms with E-state index in [0.29, 0.717) is 24.5 Å². The summed E-state index contributed by atoms with van der Waals surface area (Å²) >= 11 is 0. The molecule has 2 heterocycles. The summed E-state index contributed by atoms with van der Waals surface area (Å²) in [5, 5.41) is 3.20. The van der Waals surface area contributed by atoms with Gasteiger partial charge in [-0.3, -0.25) is 9.88 Å². The summed E-state index contributed by atoms with van der Waals surface area (Å²) in [7, 11) is -0.559. The lowest BCUT2D eigenvalue weighted by Crippen LogP contribution is -2.31. The van der Waals surface area contributed by atoms with Gasteiger partial charge in [0.15, 0.2) is 11.5 Å². The summed E-state index contributed by atoms with van der Waals surface area (Å²) in [6.45, 7) is 0.631. The Morgan fingerprint density at radius 3 is 2.71 bits per heavy atom. The van der Waals surface area contributed by atoms with Gasteiger partial charge in [0.1, 0.15) is 11.5 Å². The number of fused-ring (bicyclic) bond motifs is 1. The van der Waals surface area contributed by atoms with Gasteiger partial charge in [0.05, 0.1) is 12.8 Å². The number of benzene rings is 1. The molecule has 0 radical (unpaired) electrons. The molecular formula is C16H20NO6P. The van der Waals surface area contributed by atoms with Crippen molar-refractivity contribution in [2.24, 2.45) is 0 Å². The average Bonchev–Trinajstić information content (AvgIpc) is 3.28. The van der Waals surface area contributed by atoms with Crippen molar-refractivity contribution in [1.82, 2.24) is 5.32 Å². The summed E-state index contributed by atoms with van der Waals surface area (Å²) in [6, 6.07) is 9.27. The summed E-state index contributed by atoms with van der Waals surface area (Å²) in [4.78, 5) is 0. The predicted molar refractivity (Wildman–Crippen MR) is 87.2 cm³/mol. The molecule has 1 aliphatic heterocycles. The zero-order valence-corrected chi connectivity index (χ0v) is 14.5. The highest BCUT2D eigenvalue weighted by atomic mass is 31.2. The molecule has 3 rings (SSSR count). The fraction of sp³-hybridized carbons (Fsp3) is 0.375. The second kappa shape index (κ2) is 7.40. The summed E-state index contributed by atoms with van der Waals surface area (Å²) in [5.41, 5.74) is 0.936. The third kappa shape index (κ3) is 3.65. The maximum absolute atomic E-state index is 12.9. The van der Waals surface area contributed by atoms with E-state index in [0.717, 1.165) is 11.3 Å². The zero-order valence-electron chi connectivity index (χ0n) is 13.6. The van der Waals surface area contributed by atoms with E-state index in [1.165, 1.54) is 14.2 Å². The summed E-state index contributed by atoms with van der Waals surface area (Å²) < 4.78 is 39.2. The first kappa shape index (κ1) is 17.0. The lowest BCUT2D eigenvalue weighted by molar-refractivity contribution is 0.174. The van der Waals surface area contributed by atoms with Gasteiger partial charge < -0.3 is 22.9 Å². The first-order valence-electron chi connectivity index (χ1n) is 7.50. The Hall–Kier alpha value is -1.79. The lowest BCUT2D eigenvalue weighted by Gasteiger charge is -2.25. The van der Waals surface area contributed by atoms with Gasteiger partial charge in [0.25, 0.3) is 0 Å². The third-order valence-electron chi connectivity index (χ3n) is 3.85. The molecule has 24 heavy (non-hydrogen) atoms. The molecule has 8 heteroatoms. The molecule has 1 aliphatic rings. The fourth-order valence-electron chi connectivity index (χ4n) is 2.55. The van der Waals surface area contributed by atoms with Gasteiger partial charge in [-0.05, 0) is 36.2 Å². The number of nitrogens with one attached hydrogen (secondary N) is 1. The van der Waals surface area contributed by atoms with Crippen molar-refractivity contribution in [2.45, 2.75) is 18.7 Å². The van der Waals surface area contributed by atoms with Gasteiger partial charge >= 0.3 is 7.60 Å². The van der Waals surface area contributed by atoms with Crippen LogP contribution in [0.3, 0.4) is 0 Å². The predicted octanol–water partition coefficient (Wildman–Crippen LogP) is 3.15. The Balaban J connectivity index is 1.77. The Morgan fingerprint density at radius 2 is 2.00 bits per heavy atom. The van der Waals surface area contributed by atoms with E-state index >= 15 is 0 Å². The van der Waals surface area contributed by atoms with Gasteiger partial charge in [-0.1, -0.05) is 6.07 Å². The number of rotatable bonds is 8. The van der Waals surface area contributed by atoms with Crippen LogP contribution in [0.25, 0.3) is 0 Å². The fourth-order valence-corrected chi connectivity index (χ4v) is 3.95. The minimum Gasteiger partial charge on any atom is -0.468 e. The van der Waals surface area contributed by atoms with Crippen molar-refractivity contribution < 1.29 is 27.5 Å². The molecule has 130 valence electrons. The molecule has 0 bridgehead atoms. The quantitative estimate of drug-likeness (QED) is 0.730. The van der Waals surface area contributed by atoms with Crippen LogP contribution in [0.4, 0.5) is 0 Å². The second-order valence-electron chi connectivity index (χ2n) is 5.27. The number of furan rings is 1. The molecule has 2 aromatic rings. The van der Waals surface area contributed by atoms with Gasteiger partial charge in [0.2, 0.25) is 6.79 Å². The van der Waals surface area contributed by atoms with Gasteiger partial charge in [-0.25, -0.2) is 0 Å². The smallest absolute Gasteiger partial charge is 0.347 e. The highest BCUT2D eigenvalue weighted by molar-refractivity contribution is 7.54. The van der Waals surface area contributed by atoms with E-state index in [-0.39, 0.29) is 6.79 Å². The van der Waals surface area contributed by atoms with Gasteiger partial charge in [-0.2, -0.15) is 0 Å². The van der Waals surface area contributed by atoms with Crippen molar-refractivity contribution in [3.05, 3.63) is 47.9 Å². The van der Waals surface area contributed by atoms with Gasteiger partial charge in [0, 0.05) is 14.2 Å². The molecule has 0 saturated heterocycles. The van der Waals surface area contributed by atoms with Crippen LogP contribution in [0.1, 0.15) is 11.3 Å². The molecule has 1 aromatic carbocycles. The monoisotopic (exact) mass is 353 g/mol. The lowest BCUT2D eigenvalue weighted by atomic mass is 10.1. The maximum atomic E-state index is 12.9. The number of ether oxygens (including phenoxy) is 2. The van der Waals surface area contributed by atoms with Crippen LogP contribution in [0.2, 0.25) is 0 Å². The van der Waals surface area contributed by atoms with Crippen molar-refractivity contribution in [1.29, 1.82) is 0 Å². The van der Waals surface area contributed by atoms with Crippen molar-refractivity contribution in [2.75, 3.05) is 21.0 Å². The standard InChI is InChI=1S/C16H20NO6P/c1-19-24(18,20-2)16(17-10-13-4-3-7-21-13)9-12-5-6-14-15(8-12)23-11-22-14/h3-8,16-17H,9-11H2,1-2H3. The molecule has 0 saturated carbocycles. The van der Waals surface area contributed by atoms with Crippen molar-refractivity contribution in [3.8, 4) is 11.5 Å². The van der Waals surface area contributed by atoms with E-state index in [4.69, 9.17) is 22.9 Å². The number of hydrogen-bond donors (Lipinski definition) is 1. The first-order chi connectivity index (χ1) is 11.6. The molecule has 1 N–H and O–H groups in total. The summed E-state index contributed by atoms with van der Waals surface area (Å²) in [6.07, 6.45) is 2.03. The van der Waals surface area contributed by atoms with E-state index in [1.807, 2.05) is 24.3 Å². The van der Waals surface area contributed by atoms with Crippen LogP contribution >= 0.6 is 7.60 Å². The molecule has 0 spiro atoms. The van der Waals surface area contributed by atoms with E-state index < -0.39 is 13.4 Å². The molecule has 0 fully saturated rings. The van der Waals surface area contributed by atoms with E-state index in [9.17, 15) is 4.57 Å². The van der Waals surface area contributed by atoms with Crippen molar-refractivity contribution in [3.63, 3.8) is 0 Å². The molecule has 1 aromatic heterocycles. The van der Waals surface area contributed by atoms with Crippen LogP contribution in [0, 0.1) is 0 Å². The van der Waals surface area contributed by atoms with E-state index in [1.54, 1.807) is 12.3 Å². The molecule has 0 amide bonds. The van der Waals surface area contributed by atoms with Crippen LogP contribution in [0.5, 0.6) is 11.5 Å². The highest BCUT2D eigenvalue weighted by Gasteiger charge is 2.34. The Bertz CT molecular complexity index is 709. The average molecular weight is 353 g/mol. The summed E-state index contributed by atoms with van der Waals surface area (Å²) in [5.74, 6) is 1.60. The zero-order chi connectivity index (χ0) is 17.0. The van der Waals surface area contributed by atoms with Crippen LogP contribution in [0.15, 0.2) is 41.0 Å². The Kier molecular flexibility index (Phi) is 5.26. The Morgan fingerprint density at radius 1 is 1.21 bits per heavy atom. The molecular weight excluding hydrogens is 333 g/mol.